The fourth-order valence-electron chi connectivity index (χ4n) is 6.03. The number of aromatic nitrogens is 2. The van der Waals surface area contributed by atoms with E-state index in [1.54, 1.807) is 0 Å². The molecule has 6 rings (SSSR count). The minimum Gasteiger partial charge on any atom is -0.380 e. The van der Waals surface area contributed by atoms with Crippen LogP contribution in [0.2, 0.25) is 0 Å². The topological polar surface area (TPSA) is 68.6 Å². The number of rotatable bonds is 5. The molecule has 1 amide bonds. The van der Waals surface area contributed by atoms with Crippen LogP contribution in [0.4, 0.5) is 22.7 Å². The molecule has 0 unspecified atom stereocenters. The summed E-state index contributed by atoms with van der Waals surface area (Å²) in [5.74, 6) is 0.0169. The predicted octanol–water partition coefficient (Wildman–Crippen LogP) is 6.45. The number of para-hydroxylation sites is 1. The summed E-state index contributed by atoms with van der Waals surface area (Å²) in [6, 6.07) is 18.4. The predicted molar refractivity (Wildman–Crippen MR) is 153 cm³/mol. The third-order valence-electron chi connectivity index (χ3n) is 8.11. The second-order valence-electron chi connectivity index (χ2n) is 10.4. The largest absolute Gasteiger partial charge is 0.380 e. The summed E-state index contributed by atoms with van der Waals surface area (Å²) in [5, 5.41) is 12.0. The molecule has 2 aliphatic rings. The molecule has 2 saturated heterocycles. The third-order valence-corrected chi connectivity index (χ3v) is 8.11. The Balaban J connectivity index is 1.40. The summed E-state index contributed by atoms with van der Waals surface area (Å²) in [4.78, 5) is 20.3. The number of aromatic amines is 1. The number of carbonyl (C=O) groups excluding carboxylic acids is 1. The number of amides is 1. The molecule has 38 heavy (non-hydrogen) atoms. The van der Waals surface area contributed by atoms with Gasteiger partial charge in [0.1, 0.15) is 0 Å². The van der Waals surface area contributed by atoms with Crippen molar-refractivity contribution < 1.29 is 4.79 Å². The molecule has 0 aliphatic carbocycles. The molecule has 7 nitrogen and oxygen atoms in total. The first-order valence-electron chi connectivity index (χ1n) is 13.0. The quantitative estimate of drug-likeness (QED) is 0.243. The molecule has 0 saturated carbocycles. The highest BCUT2D eigenvalue weighted by Gasteiger charge is 2.46. The van der Waals surface area contributed by atoms with Gasteiger partial charge in [-0.1, -0.05) is 30.8 Å². The summed E-state index contributed by atoms with van der Waals surface area (Å²) in [7, 11) is 0. The van der Waals surface area contributed by atoms with E-state index >= 15 is 0 Å². The van der Waals surface area contributed by atoms with Crippen LogP contribution in [0.25, 0.3) is 26.9 Å². The number of anilines is 3. The van der Waals surface area contributed by atoms with Crippen LogP contribution in [0.15, 0.2) is 73.4 Å². The molecule has 2 fully saturated rings. The Labute approximate surface area is 222 Å². The van der Waals surface area contributed by atoms with E-state index in [9.17, 15) is 4.79 Å². The molecule has 2 aliphatic heterocycles. The lowest BCUT2D eigenvalue weighted by molar-refractivity contribution is -0.139. The summed E-state index contributed by atoms with van der Waals surface area (Å²) in [6.07, 6.45) is 5.25. The van der Waals surface area contributed by atoms with Gasteiger partial charge in [-0.05, 0) is 67.3 Å². The van der Waals surface area contributed by atoms with Crippen LogP contribution in [0.3, 0.4) is 0 Å². The second kappa shape index (κ2) is 9.38. The van der Waals surface area contributed by atoms with Gasteiger partial charge in [-0.3, -0.25) is 9.89 Å². The Morgan fingerprint density at radius 1 is 1.11 bits per heavy atom. The average molecular weight is 503 g/mol. The Kier molecular flexibility index (Phi) is 5.88. The number of hydrogen-bond donors (Lipinski definition) is 2. The Morgan fingerprint density at radius 2 is 1.87 bits per heavy atom. The molecule has 3 heterocycles. The van der Waals surface area contributed by atoms with Crippen LogP contribution in [-0.4, -0.2) is 47.2 Å². The number of fused-ring (bicyclic) bond motifs is 1. The number of likely N-dealkylation sites (tertiary alicyclic amines) is 1. The molecule has 1 spiro atoms. The zero-order valence-electron chi connectivity index (χ0n) is 21.5. The minimum absolute atomic E-state index is 0.0169. The van der Waals surface area contributed by atoms with Crippen molar-refractivity contribution in [2.24, 2.45) is 5.41 Å². The van der Waals surface area contributed by atoms with Crippen LogP contribution in [-0.2, 0) is 4.79 Å². The first-order chi connectivity index (χ1) is 18.5. The van der Waals surface area contributed by atoms with Gasteiger partial charge in [0.2, 0.25) is 11.6 Å². The smallest absolute Gasteiger partial charge is 0.245 e. The maximum atomic E-state index is 12.0. The van der Waals surface area contributed by atoms with E-state index in [1.165, 1.54) is 6.08 Å². The average Bonchev–Trinajstić information content (AvgIpc) is 3.41. The fraction of sp³-hybridized carbons (Fsp3) is 0.258. The van der Waals surface area contributed by atoms with Crippen molar-refractivity contribution in [2.75, 3.05) is 36.4 Å². The number of H-pyrrole nitrogens is 1. The molecule has 0 radical (unpaired) electrons. The Bertz CT molecular complexity index is 1570. The van der Waals surface area contributed by atoms with Crippen LogP contribution in [0.1, 0.15) is 18.4 Å². The van der Waals surface area contributed by atoms with Gasteiger partial charge in [0.05, 0.1) is 18.3 Å². The second-order valence-corrected chi connectivity index (χ2v) is 10.4. The molecule has 0 atom stereocenters. The molecular weight excluding hydrogens is 472 g/mol. The standard InChI is InChI=1S/C31H30N6O/c1-4-27(38)37-19-31(20-37)14-16-36(17-15-31)26-13-12-25(34-22-8-6-5-7-9-22)29(30(26)32-3)28-21(2)10-11-24-23(28)18-33-35-24/h4-13,18,34H,1,14-17,19-20H2,2H3,(H,33,35). The van der Waals surface area contributed by atoms with Gasteiger partial charge in [0.25, 0.3) is 0 Å². The van der Waals surface area contributed by atoms with Gasteiger partial charge in [-0.25, -0.2) is 4.85 Å². The zero-order valence-corrected chi connectivity index (χ0v) is 21.5. The van der Waals surface area contributed by atoms with Gasteiger partial charge in [0.15, 0.2) is 0 Å². The number of nitrogens with one attached hydrogen (secondary N) is 2. The van der Waals surface area contributed by atoms with Crippen molar-refractivity contribution in [2.45, 2.75) is 19.8 Å². The SMILES string of the molecule is [C-]#[N+]c1c(N2CCC3(CC2)CN(C(=O)C=C)C3)ccc(Nc2ccccc2)c1-c1c(C)ccc2[nH]ncc12. The number of carbonyl (C=O) groups is 1. The maximum Gasteiger partial charge on any atom is 0.245 e. The van der Waals surface area contributed by atoms with E-state index in [1.807, 2.05) is 47.5 Å². The number of benzene rings is 3. The molecule has 3 aromatic carbocycles. The van der Waals surface area contributed by atoms with Gasteiger partial charge in [-0.15, -0.1) is 0 Å². The third kappa shape index (κ3) is 3.99. The van der Waals surface area contributed by atoms with E-state index in [4.69, 9.17) is 6.57 Å². The summed E-state index contributed by atoms with van der Waals surface area (Å²) >= 11 is 0. The monoisotopic (exact) mass is 502 g/mol. The Morgan fingerprint density at radius 3 is 2.58 bits per heavy atom. The lowest BCUT2D eigenvalue weighted by Gasteiger charge is -2.54. The van der Waals surface area contributed by atoms with Crippen LogP contribution < -0.4 is 10.2 Å². The van der Waals surface area contributed by atoms with Crippen LogP contribution >= 0.6 is 0 Å². The highest BCUT2D eigenvalue weighted by Crippen LogP contribution is 2.49. The lowest BCUT2D eigenvalue weighted by Crippen LogP contribution is -2.61. The van der Waals surface area contributed by atoms with Crippen LogP contribution in [0, 0.1) is 18.9 Å². The molecule has 1 aromatic heterocycles. The highest BCUT2D eigenvalue weighted by atomic mass is 16.2. The first kappa shape index (κ1) is 23.8. The van der Waals surface area contributed by atoms with Gasteiger partial charge in [0, 0.05) is 59.6 Å². The van der Waals surface area contributed by atoms with Crippen molar-refractivity contribution in [3.05, 3.63) is 90.4 Å². The van der Waals surface area contributed by atoms with Crippen molar-refractivity contribution >= 4 is 39.6 Å². The number of piperidine rings is 1. The number of nitrogens with zero attached hydrogens (tertiary/aromatic N) is 4. The van der Waals surface area contributed by atoms with Crippen molar-refractivity contribution in [3.63, 3.8) is 0 Å². The van der Waals surface area contributed by atoms with E-state index in [0.29, 0.717) is 5.69 Å². The number of aryl methyl sites for hydroxylation is 1. The van der Waals surface area contributed by atoms with Crippen molar-refractivity contribution in [1.82, 2.24) is 15.1 Å². The molecule has 0 bridgehead atoms. The number of hydrogen-bond acceptors (Lipinski definition) is 4. The zero-order chi connectivity index (χ0) is 26.3. The molecule has 4 aromatic rings. The molecular formula is C31H30N6O. The van der Waals surface area contributed by atoms with E-state index < -0.39 is 0 Å². The summed E-state index contributed by atoms with van der Waals surface area (Å²) < 4.78 is 0. The minimum atomic E-state index is 0.0169. The van der Waals surface area contributed by atoms with E-state index in [2.05, 4.69) is 57.0 Å². The van der Waals surface area contributed by atoms with Crippen molar-refractivity contribution in [1.29, 1.82) is 0 Å². The van der Waals surface area contributed by atoms with Gasteiger partial charge >= 0.3 is 0 Å². The van der Waals surface area contributed by atoms with Gasteiger partial charge < -0.3 is 15.1 Å². The summed E-state index contributed by atoms with van der Waals surface area (Å²) in [5.41, 5.74) is 7.62. The molecule has 7 heteroatoms. The normalized spacial score (nSPS) is 16.2. The summed E-state index contributed by atoms with van der Waals surface area (Å²) in [6.45, 7) is 17.4. The molecule has 190 valence electrons. The van der Waals surface area contributed by atoms with Crippen LogP contribution in [0.5, 0.6) is 0 Å². The van der Waals surface area contributed by atoms with Gasteiger partial charge in [-0.2, -0.15) is 5.10 Å². The molecule has 2 N–H and O–H groups in total. The van der Waals surface area contributed by atoms with Crippen molar-refractivity contribution in [3.8, 4) is 11.1 Å². The highest BCUT2D eigenvalue weighted by molar-refractivity contribution is 6.07. The first-order valence-corrected chi connectivity index (χ1v) is 13.0. The van der Waals surface area contributed by atoms with E-state index in [-0.39, 0.29) is 11.3 Å². The maximum absolute atomic E-state index is 12.0. The lowest BCUT2D eigenvalue weighted by atomic mass is 9.72. The fourth-order valence-corrected chi connectivity index (χ4v) is 6.03. The van der Waals surface area contributed by atoms with E-state index in [0.717, 1.165) is 83.7 Å². The Hall–Kier alpha value is -4.57.